The smallest absolute Gasteiger partial charge is 0.231 e. The fourth-order valence-corrected chi connectivity index (χ4v) is 4.35. The van der Waals surface area contributed by atoms with Gasteiger partial charge in [-0.15, -0.1) is 0 Å². The van der Waals surface area contributed by atoms with E-state index in [1.165, 1.54) is 5.56 Å². The predicted octanol–water partition coefficient (Wildman–Crippen LogP) is 2.97. The highest BCUT2D eigenvalue weighted by Crippen LogP contribution is 2.24. The summed E-state index contributed by atoms with van der Waals surface area (Å²) in [5.41, 5.74) is 7.79. The molecule has 2 amide bonds. The van der Waals surface area contributed by atoms with E-state index in [9.17, 15) is 9.59 Å². The molecular formula is C25H33ClN4O2. The van der Waals surface area contributed by atoms with Gasteiger partial charge in [0.15, 0.2) is 0 Å². The van der Waals surface area contributed by atoms with E-state index in [2.05, 4.69) is 21.9 Å². The van der Waals surface area contributed by atoms with Crippen molar-refractivity contribution < 1.29 is 9.59 Å². The highest BCUT2D eigenvalue weighted by atomic mass is 35.5. The largest absolute Gasteiger partial charge is 0.369 e. The summed E-state index contributed by atoms with van der Waals surface area (Å²) in [5.74, 6) is -0.116. The van der Waals surface area contributed by atoms with Crippen molar-refractivity contribution in [2.24, 2.45) is 5.73 Å². The first-order valence-electron chi connectivity index (χ1n) is 11.3. The van der Waals surface area contributed by atoms with Crippen LogP contribution in [-0.2, 0) is 16.0 Å². The molecule has 0 saturated carbocycles. The van der Waals surface area contributed by atoms with Crippen molar-refractivity contribution in [3.63, 3.8) is 0 Å². The van der Waals surface area contributed by atoms with Gasteiger partial charge >= 0.3 is 0 Å². The Morgan fingerprint density at radius 2 is 1.69 bits per heavy atom. The normalized spacial score (nSPS) is 15.7. The molecule has 2 aromatic rings. The predicted molar refractivity (Wildman–Crippen MR) is 128 cm³/mol. The molecule has 2 aromatic carbocycles. The summed E-state index contributed by atoms with van der Waals surface area (Å²) >= 11 is 5.94. The van der Waals surface area contributed by atoms with Crippen LogP contribution >= 0.6 is 11.6 Å². The molecule has 0 aliphatic carbocycles. The van der Waals surface area contributed by atoms with Crippen molar-refractivity contribution in [3.8, 4) is 0 Å². The maximum atomic E-state index is 12.8. The van der Waals surface area contributed by atoms with Gasteiger partial charge in [-0.3, -0.25) is 19.4 Å². The van der Waals surface area contributed by atoms with Gasteiger partial charge in [0.25, 0.3) is 0 Å². The van der Waals surface area contributed by atoms with Crippen LogP contribution in [0.5, 0.6) is 0 Å². The first kappa shape index (κ1) is 24.2. The number of amides is 2. The third-order valence-electron chi connectivity index (χ3n) is 6.09. The Morgan fingerprint density at radius 1 is 1.03 bits per heavy atom. The third kappa shape index (κ3) is 7.05. The Hall–Kier alpha value is -2.41. The van der Waals surface area contributed by atoms with Gasteiger partial charge in [0.05, 0.1) is 6.54 Å². The molecule has 7 heteroatoms. The van der Waals surface area contributed by atoms with Crippen molar-refractivity contribution >= 4 is 23.4 Å². The molecule has 1 aliphatic heterocycles. The van der Waals surface area contributed by atoms with Gasteiger partial charge in [-0.05, 0) is 36.2 Å². The summed E-state index contributed by atoms with van der Waals surface area (Å²) < 4.78 is 0. The lowest BCUT2D eigenvalue weighted by Gasteiger charge is -2.41. The van der Waals surface area contributed by atoms with Crippen molar-refractivity contribution in [1.29, 1.82) is 0 Å². The number of piperazine rings is 1. The van der Waals surface area contributed by atoms with E-state index in [1.54, 1.807) is 0 Å². The molecule has 1 fully saturated rings. The Morgan fingerprint density at radius 3 is 2.28 bits per heavy atom. The molecule has 0 aromatic heterocycles. The van der Waals surface area contributed by atoms with E-state index in [-0.39, 0.29) is 24.4 Å². The summed E-state index contributed by atoms with van der Waals surface area (Å²) in [6.07, 6.45) is 1.23. The maximum absolute atomic E-state index is 12.8. The second kappa shape index (κ2) is 12.0. The van der Waals surface area contributed by atoms with Crippen molar-refractivity contribution in [1.82, 2.24) is 14.7 Å². The molecule has 3 rings (SSSR count). The molecule has 1 saturated heterocycles. The number of nitrogens with zero attached hydrogens (tertiary/aromatic N) is 3. The fourth-order valence-electron chi connectivity index (χ4n) is 4.22. The van der Waals surface area contributed by atoms with E-state index in [0.29, 0.717) is 24.5 Å². The minimum atomic E-state index is -0.310. The summed E-state index contributed by atoms with van der Waals surface area (Å²) in [7, 11) is 0. The number of primary amides is 1. The van der Waals surface area contributed by atoms with Crippen molar-refractivity contribution in [2.75, 3.05) is 45.8 Å². The monoisotopic (exact) mass is 456 g/mol. The quantitative estimate of drug-likeness (QED) is 0.596. The maximum Gasteiger partial charge on any atom is 0.231 e. The average Bonchev–Trinajstić information content (AvgIpc) is 2.81. The van der Waals surface area contributed by atoms with Crippen LogP contribution < -0.4 is 5.73 Å². The zero-order valence-corrected chi connectivity index (χ0v) is 19.5. The Balaban J connectivity index is 1.58. The molecule has 1 atom stereocenters. The first-order chi connectivity index (χ1) is 15.5. The lowest BCUT2D eigenvalue weighted by atomic mass is 10.0. The molecule has 0 radical (unpaired) electrons. The number of hydrogen-bond donors (Lipinski definition) is 1. The van der Waals surface area contributed by atoms with Gasteiger partial charge in [0, 0.05) is 50.2 Å². The number of hydrogen-bond acceptors (Lipinski definition) is 4. The van der Waals surface area contributed by atoms with E-state index in [1.807, 2.05) is 54.3 Å². The summed E-state index contributed by atoms with van der Waals surface area (Å²) in [4.78, 5) is 30.7. The molecule has 1 heterocycles. The van der Waals surface area contributed by atoms with Crippen LogP contribution in [0.1, 0.15) is 30.5 Å². The van der Waals surface area contributed by atoms with Crippen LogP contribution in [0.15, 0.2) is 54.6 Å². The lowest BCUT2D eigenvalue weighted by molar-refractivity contribution is -0.133. The minimum absolute atomic E-state index is 0.154. The molecule has 6 nitrogen and oxygen atoms in total. The summed E-state index contributed by atoms with van der Waals surface area (Å²) in [5, 5.41) is 0.710. The number of aryl methyl sites for hydroxylation is 1. The molecule has 0 bridgehead atoms. The Kier molecular flexibility index (Phi) is 9.09. The molecule has 2 N–H and O–H groups in total. The molecule has 172 valence electrons. The van der Waals surface area contributed by atoms with Crippen LogP contribution in [-0.4, -0.2) is 72.3 Å². The number of carbonyl (C=O) groups excluding carboxylic acids is 2. The fraction of sp³-hybridized carbons (Fsp3) is 0.440. The standard InChI is InChI=1S/C25H33ClN4O2/c1-2-28(19-24(27)31)18-23(21-6-4-3-5-7-21)29-14-16-30(17-15-29)25(32)13-10-20-8-11-22(26)12-9-20/h3-9,11-12,23H,2,10,13-19H2,1H3,(H2,27,31). The number of benzene rings is 2. The van der Waals surface area contributed by atoms with Crippen LogP contribution in [0.3, 0.4) is 0 Å². The second-order valence-corrected chi connectivity index (χ2v) is 8.70. The zero-order valence-electron chi connectivity index (χ0n) is 18.8. The molecular weight excluding hydrogens is 424 g/mol. The van der Waals surface area contributed by atoms with Gasteiger partial charge in [0.1, 0.15) is 0 Å². The Labute approximate surface area is 195 Å². The zero-order chi connectivity index (χ0) is 22.9. The van der Waals surface area contributed by atoms with Gasteiger partial charge in [-0.2, -0.15) is 0 Å². The number of halogens is 1. The van der Waals surface area contributed by atoms with E-state index in [0.717, 1.165) is 38.2 Å². The number of nitrogens with two attached hydrogens (primary N) is 1. The van der Waals surface area contributed by atoms with Crippen LogP contribution in [0.2, 0.25) is 5.02 Å². The number of rotatable bonds is 10. The molecule has 1 aliphatic rings. The van der Waals surface area contributed by atoms with Crippen LogP contribution in [0.25, 0.3) is 0 Å². The number of likely N-dealkylation sites (N-methyl/N-ethyl adjacent to an activating group) is 1. The summed E-state index contributed by atoms with van der Waals surface area (Å²) in [6.45, 7) is 6.82. The van der Waals surface area contributed by atoms with E-state index in [4.69, 9.17) is 17.3 Å². The first-order valence-corrected chi connectivity index (χ1v) is 11.7. The van der Waals surface area contributed by atoms with Crippen LogP contribution in [0, 0.1) is 0 Å². The lowest BCUT2D eigenvalue weighted by Crippen LogP contribution is -2.51. The second-order valence-electron chi connectivity index (χ2n) is 8.26. The number of carbonyl (C=O) groups is 2. The topological polar surface area (TPSA) is 69.9 Å². The van der Waals surface area contributed by atoms with Gasteiger partial charge in [0.2, 0.25) is 11.8 Å². The van der Waals surface area contributed by atoms with Gasteiger partial charge in [-0.25, -0.2) is 0 Å². The van der Waals surface area contributed by atoms with Crippen molar-refractivity contribution in [2.45, 2.75) is 25.8 Å². The Bertz CT molecular complexity index is 867. The average molecular weight is 457 g/mol. The third-order valence-corrected chi connectivity index (χ3v) is 6.34. The SMILES string of the molecule is CCN(CC(N)=O)CC(c1ccccc1)N1CCN(C(=O)CCc2ccc(Cl)cc2)CC1. The minimum Gasteiger partial charge on any atom is -0.369 e. The van der Waals surface area contributed by atoms with Gasteiger partial charge in [-0.1, -0.05) is 61.0 Å². The van der Waals surface area contributed by atoms with E-state index < -0.39 is 0 Å². The highest BCUT2D eigenvalue weighted by Gasteiger charge is 2.28. The summed E-state index contributed by atoms with van der Waals surface area (Å²) in [6, 6.07) is 18.2. The van der Waals surface area contributed by atoms with Crippen LogP contribution in [0.4, 0.5) is 0 Å². The van der Waals surface area contributed by atoms with E-state index >= 15 is 0 Å². The van der Waals surface area contributed by atoms with Crippen molar-refractivity contribution in [3.05, 3.63) is 70.7 Å². The van der Waals surface area contributed by atoms with Gasteiger partial charge < -0.3 is 10.6 Å². The molecule has 0 spiro atoms. The molecule has 32 heavy (non-hydrogen) atoms. The highest BCUT2D eigenvalue weighted by molar-refractivity contribution is 6.30. The molecule has 1 unspecified atom stereocenters.